The molecule has 0 aromatic carbocycles. The maximum Gasteiger partial charge on any atom is 0.199 e. The third-order valence-corrected chi connectivity index (χ3v) is 7.13. The van der Waals surface area contributed by atoms with Crippen LogP contribution in [0.1, 0.15) is 116 Å². The van der Waals surface area contributed by atoms with Crippen molar-refractivity contribution < 1.29 is 9.59 Å². The fourth-order valence-corrected chi connectivity index (χ4v) is 4.82. The molecule has 0 aromatic heterocycles. The number of hydrogen-bond acceptors (Lipinski definition) is 6. The maximum atomic E-state index is 11.8. The van der Waals surface area contributed by atoms with Crippen LogP contribution >= 0.6 is 21.6 Å². The highest BCUT2D eigenvalue weighted by atomic mass is 33.1. The molecule has 0 rings (SSSR count). The molecule has 0 aromatic rings. The molecule has 4 N–H and O–H groups in total. The average molecular weight is 433 g/mol. The lowest BCUT2D eigenvalue weighted by atomic mass is 10.1. The molecule has 4 nitrogen and oxygen atoms in total. The Kier molecular flexibility index (Phi) is 23.2. The second-order valence-corrected chi connectivity index (χ2v) is 9.89. The van der Waals surface area contributed by atoms with Crippen LogP contribution in [0.15, 0.2) is 0 Å². The fraction of sp³-hybridized carbons (Fsp3) is 0.909. The molecule has 0 aliphatic heterocycles. The van der Waals surface area contributed by atoms with E-state index in [4.69, 9.17) is 11.5 Å². The van der Waals surface area contributed by atoms with Crippen molar-refractivity contribution in [2.24, 2.45) is 11.5 Å². The van der Waals surface area contributed by atoms with Gasteiger partial charge in [0.1, 0.15) is 0 Å². The first kappa shape index (κ1) is 28.0. The minimum atomic E-state index is 0.152. The SMILES string of the molecule is NCCCCCCCCCCC(=O)SSC(=O)CCCCCCCCCCN. The Labute approximate surface area is 181 Å². The van der Waals surface area contributed by atoms with E-state index in [1.807, 2.05) is 0 Å². The van der Waals surface area contributed by atoms with Crippen molar-refractivity contribution in [3.05, 3.63) is 0 Å². The molecule has 6 heteroatoms. The van der Waals surface area contributed by atoms with Crippen LogP contribution in [-0.2, 0) is 9.59 Å². The zero-order valence-electron chi connectivity index (χ0n) is 17.9. The van der Waals surface area contributed by atoms with Crippen molar-refractivity contribution in [3.63, 3.8) is 0 Å². The lowest BCUT2D eigenvalue weighted by Gasteiger charge is -2.03. The molecule has 0 fully saturated rings. The molecule has 0 heterocycles. The van der Waals surface area contributed by atoms with E-state index in [9.17, 15) is 9.59 Å². The van der Waals surface area contributed by atoms with Gasteiger partial charge in [-0.2, -0.15) is 0 Å². The highest BCUT2D eigenvalue weighted by molar-refractivity contribution is 8.87. The van der Waals surface area contributed by atoms with Crippen LogP contribution in [0.2, 0.25) is 0 Å². The fourth-order valence-electron chi connectivity index (χ4n) is 3.12. The first-order chi connectivity index (χ1) is 13.7. The summed E-state index contributed by atoms with van der Waals surface area (Å²) in [5, 5.41) is 0.303. The van der Waals surface area contributed by atoms with Gasteiger partial charge in [0.25, 0.3) is 0 Å². The van der Waals surface area contributed by atoms with Crippen LogP contribution in [-0.4, -0.2) is 23.3 Å². The molecule has 166 valence electrons. The summed E-state index contributed by atoms with van der Waals surface area (Å²) in [4.78, 5) is 23.7. The molecule has 0 aliphatic carbocycles. The predicted molar refractivity (Wildman–Crippen MR) is 126 cm³/mol. The van der Waals surface area contributed by atoms with Crippen LogP contribution in [0.3, 0.4) is 0 Å². The molecule has 0 radical (unpaired) electrons. The van der Waals surface area contributed by atoms with Gasteiger partial charge in [-0.15, -0.1) is 0 Å². The molecule has 0 saturated carbocycles. The third kappa shape index (κ3) is 22.3. The highest BCUT2D eigenvalue weighted by Gasteiger charge is 2.09. The molecule has 0 spiro atoms. The van der Waals surface area contributed by atoms with Gasteiger partial charge in [-0.25, -0.2) is 0 Å². The van der Waals surface area contributed by atoms with Gasteiger partial charge in [0.2, 0.25) is 0 Å². The summed E-state index contributed by atoms with van der Waals surface area (Å²) in [6.45, 7) is 1.60. The number of unbranched alkanes of at least 4 members (excludes halogenated alkanes) is 14. The van der Waals surface area contributed by atoms with Gasteiger partial charge in [0.05, 0.1) is 0 Å². The first-order valence-corrected chi connectivity index (χ1v) is 13.7. The number of carbonyl (C=O) groups excluding carboxylic acids is 2. The molecule has 0 atom stereocenters. The van der Waals surface area contributed by atoms with Gasteiger partial charge >= 0.3 is 0 Å². The molecule has 0 saturated heterocycles. The Morgan fingerprint density at radius 1 is 0.429 bits per heavy atom. The number of hydrogen-bond donors (Lipinski definition) is 2. The molecule has 0 unspecified atom stereocenters. The molecule has 0 amide bonds. The minimum Gasteiger partial charge on any atom is -0.330 e. The van der Waals surface area contributed by atoms with E-state index in [0.717, 1.165) is 73.2 Å². The Hall–Kier alpha value is -0.0400. The molecule has 28 heavy (non-hydrogen) atoms. The first-order valence-electron chi connectivity index (χ1n) is 11.5. The summed E-state index contributed by atoms with van der Waals surface area (Å²) >= 11 is 0. The summed E-state index contributed by atoms with van der Waals surface area (Å²) in [7, 11) is 2.30. The summed E-state index contributed by atoms with van der Waals surface area (Å²) in [6, 6.07) is 0. The third-order valence-electron chi connectivity index (χ3n) is 4.90. The van der Waals surface area contributed by atoms with Crippen molar-refractivity contribution in [1.82, 2.24) is 0 Å². The van der Waals surface area contributed by atoms with Crippen LogP contribution in [0.25, 0.3) is 0 Å². The molecule has 0 bridgehead atoms. The number of carbonyl (C=O) groups is 2. The summed E-state index contributed by atoms with van der Waals surface area (Å²) < 4.78 is 0. The average Bonchev–Trinajstić information content (AvgIpc) is 2.69. The Bertz CT molecular complexity index is 334. The minimum absolute atomic E-state index is 0.152. The van der Waals surface area contributed by atoms with Crippen LogP contribution in [0.4, 0.5) is 0 Å². The predicted octanol–water partition coefficient (Wildman–Crippen LogP) is 6.36. The number of rotatable bonds is 20. The van der Waals surface area contributed by atoms with Crippen LogP contribution in [0, 0.1) is 0 Å². The topological polar surface area (TPSA) is 86.2 Å². The summed E-state index contributed by atoms with van der Waals surface area (Å²) in [5.41, 5.74) is 11.0. The van der Waals surface area contributed by atoms with E-state index in [2.05, 4.69) is 0 Å². The van der Waals surface area contributed by atoms with Crippen molar-refractivity contribution in [2.75, 3.05) is 13.1 Å². The Morgan fingerprint density at radius 3 is 0.964 bits per heavy atom. The molecular formula is C22H44N2O2S2. The zero-order chi connectivity index (χ0) is 20.7. The second kappa shape index (κ2) is 23.2. The largest absolute Gasteiger partial charge is 0.330 e. The van der Waals surface area contributed by atoms with E-state index in [-0.39, 0.29) is 10.2 Å². The van der Waals surface area contributed by atoms with Crippen LogP contribution in [0.5, 0.6) is 0 Å². The van der Waals surface area contributed by atoms with Gasteiger partial charge < -0.3 is 11.5 Å². The lowest BCUT2D eigenvalue weighted by molar-refractivity contribution is -0.112. The molecular weight excluding hydrogens is 388 g/mol. The second-order valence-electron chi connectivity index (χ2n) is 7.64. The van der Waals surface area contributed by atoms with Crippen molar-refractivity contribution in [1.29, 1.82) is 0 Å². The van der Waals surface area contributed by atoms with Gasteiger partial charge in [0.15, 0.2) is 10.2 Å². The van der Waals surface area contributed by atoms with Crippen LogP contribution < -0.4 is 11.5 Å². The lowest BCUT2D eigenvalue weighted by Crippen LogP contribution is -1.97. The van der Waals surface area contributed by atoms with E-state index >= 15 is 0 Å². The van der Waals surface area contributed by atoms with E-state index in [1.54, 1.807) is 0 Å². The normalized spacial score (nSPS) is 11.1. The maximum absolute atomic E-state index is 11.8. The Balaban J connectivity index is 3.32. The monoisotopic (exact) mass is 432 g/mol. The van der Waals surface area contributed by atoms with Gasteiger partial charge in [-0.1, -0.05) is 77.0 Å². The van der Waals surface area contributed by atoms with E-state index in [1.165, 1.54) is 64.2 Å². The smallest absolute Gasteiger partial charge is 0.199 e. The van der Waals surface area contributed by atoms with Crippen molar-refractivity contribution in [3.8, 4) is 0 Å². The van der Waals surface area contributed by atoms with Crippen molar-refractivity contribution >= 4 is 31.8 Å². The number of nitrogens with two attached hydrogens (primary N) is 2. The van der Waals surface area contributed by atoms with E-state index in [0.29, 0.717) is 12.8 Å². The van der Waals surface area contributed by atoms with Crippen molar-refractivity contribution in [2.45, 2.75) is 116 Å². The highest BCUT2D eigenvalue weighted by Crippen LogP contribution is 2.27. The Morgan fingerprint density at radius 2 is 0.679 bits per heavy atom. The molecule has 0 aliphatic rings. The summed E-state index contributed by atoms with van der Waals surface area (Å²) in [5.74, 6) is 0. The van der Waals surface area contributed by atoms with E-state index < -0.39 is 0 Å². The quantitative estimate of drug-likeness (QED) is 0.172. The van der Waals surface area contributed by atoms with Gasteiger partial charge in [-0.3, -0.25) is 9.59 Å². The van der Waals surface area contributed by atoms with Gasteiger partial charge in [-0.05, 0) is 60.4 Å². The zero-order valence-corrected chi connectivity index (χ0v) is 19.6. The summed E-state index contributed by atoms with van der Waals surface area (Å²) in [6.07, 6.45) is 20.1. The van der Waals surface area contributed by atoms with Gasteiger partial charge in [0, 0.05) is 12.8 Å². The standard InChI is InChI=1S/C22H44N2O2S2/c23-19-15-11-7-3-1-5-9-13-17-21(25)27-28-22(26)18-14-10-6-2-4-8-12-16-20-24/h1-20,23-24H2.